The van der Waals surface area contributed by atoms with Gasteiger partial charge in [0, 0.05) is 24.3 Å². The van der Waals surface area contributed by atoms with Crippen molar-refractivity contribution in [3.8, 4) is 0 Å². The predicted octanol–water partition coefficient (Wildman–Crippen LogP) is 2.27. The fourth-order valence-corrected chi connectivity index (χ4v) is 2.87. The first-order valence-corrected chi connectivity index (χ1v) is 5.91. The van der Waals surface area contributed by atoms with E-state index in [4.69, 9.17) is 0 Å². The number of benzene rings is 1. The lowest BCUT2D eigenvalue weighted by Gasteiger charge is -2.22. The van der Waals surface area contributed by atoms with Gasteiger partial charge in [-0.05, 0) is 37.3 Å². The van der Waals surface area contributed by atoms with Gasteiger partial charge < -0.3 is 10.0 Å². The summed E-state index contributed by atoms with van der Waals surface area (Å²) in [5.41, 5.74) is 3.85. The molecule has 0 bridgehead atoms. The van der Waals surface area contributed by atoms with Crippen LogP contribution in [0.2, 0.25) is 0 Å². The summed E-state index contributed by atoms with van der Waals surface area (Å²) in [5.74, 6) is 0. The molecule has 0 spiro atoms. The number of aliphatic hydroxyl groups excluding tert-OH is 1. The first-order chi connectivity index (χ1) is 7.36. The number of fused-ring (bicyclic) bond motifs is 1. The molecule has 1 fully saturated rings. The van der Waals surface area contributed by atoms with Gasteiger partial charge in [-0.15, -0.1) is 0 Å². The van der Waals surface area contributed by atoms with E-state index >= 15 is 0 Å². The van der Waals surface area contributed by atoms with Gasteiger partial charge in [0.25, 0.3) is 0 Å². The minimum Gasteiger partial charge on any atom is -0.388 e. The van der Waals surface area contributed by atoms with Crippen LogP contribution in [0.4, 0.5) is 5.69 Å². The molecule has 2 aliphatic rings. The molecule has 1 aliphatic heterocycles. The first-order valence-electron chi connectivity index (χ1n) is 5.91. The lowest BCUT2D eigenvalue weighted by Crippen LogP contribution is -2.19. The summed E-state index contributed by atoms with van der Waals surface area (Å²) in [6, 6.07) is 6.45. The van der Waals surface area contributed by atoms with Crippen molar-refractivity contribution in [2.45, 2.75) is 31.8 Å². The summed E-state index contributed by atoms with van der Waals surface area (Å²) in [4.78, 5) is 2.42. The summed E-state index contributed by atoms with van der Waals surface area (Å²) in [7, 11) is 0. The fraction of sp³-hybridized carbons (Fsp3) is 0.538. The van der Waals surface area contributed by atoms with Crippen molar-refractivity contribution < 1.29 is 5.11 Å². The molecule has 80 valence electrons. The minimum atomic E-state index is -0.225. The molecular weight excluding hydrogens is 186 g/mol. The van der Waals surface area contributed by atoms with Crippen molar-refractivity contribution in [1.82, 2.24) is 0 Å². The van der Waals surface area contributed by atoms with Gasteiger partial charge in [0.2, 0.25) is 0 Å². The predicted molar refractivity (Wildman–Crippen MR) is 61.2 cm³/mol. The van der Waals surface area contributed by atoms with Crippen molar-refractivity contribution in [2.75, 3.05) is 18.0 Å². The van der Waals surface area contributed by atoms with Crippen LogP contribution in [0.5, 0.6) is 0 Å². The van der Waals surface area contributed by atoms with Gasteiger partial charge >= 0.3 is 0 Å². The van der Waals surface area contributed by atoms with Crippen LogP contribution in [-0.4, -0.2) is 18.2 Å². The molecule has 1 aromatic carbocycles. The lowest BCUT2D eigenvalue weighted by atomic mass is 10.1. The standard InChI is InChI=1S/C13H17NO/c15-12-7-6-10-4-3-5-11(13(10)12)14-8-1-2-9-14/h3-5,12,15H,1-2,6-9H2. The molecular formula is C13H17NO. The zero-order valence-corrected chi connectivity index (χ0v) is 8.95. The zero-order chi connectivity index (χ0) is 10.3. The number of hydrogen-bond donors (Lipinski definition) is 1. The highest BCUT2D eigenvalue weighted by molar-refractivity contribution is 5.59. The van der Waals surface area contributed by atoms with Gasteiger partial charge in [0.1, 0.15) is 0 Å². The molecule has 1 aromatic rings. The van der Waals surface area contributed by atoms with Crippen molar-refractivity contribution >= 4 is 5.69 Å². The molecule has 2 heteroatoms. The highest BCUT2D eigenvalue weighted by Gasteiger charge is 2.26. The van der Waals surface area contributed by atoms with E-state index in [0.29, 0.717) is 0 Å². The van der Waals surface area contributed by atoms with Crippen molar-refractivity contribution in [1.29, 1.82) is 0 Å². The summed E-state index contributed by atoms with van der Waals surface area (Å²) in [6.45, 7) is 2.31. The van der Waals surface area contributed by atoms with Crippen LogP contribution in [-0.2, 0) is 6.42 Å². The Hall–Kier alpha value is -1.02. The number of hydrogen-bond acceptors (Lipinski definition) is 2. The van der Waals surface area contributed by atoms with Gasteiger partial charge in [0.15, 0.2) is 0 Å². The second-order valence-electron chi connectivity index (χ2n) is 4.60. The normalized spacial score (nSPS) is 24.6. The maximum absolute atomic E-state index is 10.00. The highest BCUT2D eigenvalue weighted by Crippen LogP contribution is 2.38. The van der Waals surface area contributed by atoms with Gasteiger partial charge in [0.05, 0.1) is 6.10 Å². The third-order valence-corrected chi connectivity index (χ3v) is 3.64. The Labute approximate surface area is 90.5 Å². The molecule has 0 amide bonds. The molecule has 0 saturated carbocycles. The van der Waals surface area contributed by atoms with Gasteiger partial charge in [-0.25, -0.2) is 0 Å². The Morgan fingerprint density at radius 1 is 1.20 bits per heavy atom. The molecule has 0 aromatic heterocycles. The van der Waals surface area contributed by atoms with Crippen molar-refractivity contribution in [2.24, 2.45) is 0 Å². The van der Waals surface area contributed by atoms with Crippen LogP contribution < -0.4 is 4.90 Å². The van der Waals surface area contributed by atoms with E-state index in [1.165, 1.54) is 29.7 Å². The van der Waals surface area contributed by atoms with E-state index in [0.717, 1.165) is 25.9 Å². The third kappa shape index (κ3) is 1.44. The van der Waals surface area contributed by atoms with Crippen molar-refractivity contribution in [3.05, 3.63) is 29.3 Å². The van der Waals surface area contributed by atoms with E-state index < -0.39 is 0 Å². The van der Waals surface area contributed by atoms with E-state index in [1.807, 2.05) is 0 Å². The molecule has 1 aliphatic carbocycles. The van der Waals surface area contributed by atoms with Crippen LogP contribution in [0.15, 0.2) is 18.2 Å². The summed E-state index contributed by atoms with van der Waals surface area (Å²) in [5, 5.41) is 10.00. The summed E-state index contributed by atoms with van der Waals surface area (Å²) >= 11 is 0. The maximum Gasteiger partial charge on any atom is 0.0816 e. The largest absolute Gasteiger partial charge is 0.388 e. The average molecular weight is 203 g/mol. The third-order valence-electron chi connectivity index (χ3n) is 3.64. The monoisotopic (exact) mass is 203 g/mol. The van der Waals surface area contributed by atoms with E-state index in [1.54, 1.807) is 0 Å². The van der Waals surface area contributed by atoms with Crippen LogP contribution >= 0.6 is 0 Å². The Bertz CT molecular complexity index is 369. The molecule has 3 rings (SSSR count). The molecule has 2 nitrogen and oxygen atoms in total. The van der Waals surface area contributed by atoms with Crippen LogP contribution in [0.25, 0.3) is 0 Å². The second-order valence-corrected chi connectivity index (χ2v) is 4.60. The molecule has 1 saturated heterocycles. The molecule has 1 heterocycles. The van der Waals surface area contributed by atoms with Gasteiger partial charge in [-0.1, -0.05) is 12.1 Å². The summed E-state index contributed by atoms with van der Waals surface area (Å²) in [6.07, 6.45) is 4.30. The molecule has 1 N–H and O–H groups in total. The molecule has 15 heavy (non-hydrogen) atoms. The Balaban J connectivity index is 2.04. The van der Waals surface area contributed by atoms with Gasteiger partial charge in [-0.3, -0.25) is 0 Å². The molecule has 1 atom stereocenters. The zero-order valence-electron chi connectivity index (χ0n) is 8.95. The number of rotatable bonds is 1. The lowest BCUT2D eigenvalue weighted by molar-refractivity contribution is 0.180. The fourth-order valence-electron chi connectivity index (χ4n) is 2.87. The van der Waals surface area contributed by atoms with E-state index in [9.17, 15) is 5.11 Å². The number of anilines is 1. The van der Waals surface area contributed by atoms with Crippen LogP contribution in [0, 0.1) is 0 Å². The average Bonchev–Trinajstić information content (AvgIpc) is 2.88. The maximum atomic E-state index is 10.00. The van der Waals surface area contributed by atoms with Gasteiger partial charge in [-0.2, -0.15) is 0 Å². The van der Waals surface area contributed by atoms with Crippen LogP contribution in [0.1, 0.15) is 36.5 Å². The highest BCUT2D eigenvalue weighted by atomic mass is 16.3. The number of aliphatic hydroxyl groups is 1. The smallest absolute Gasteiger partial charge is 0.0816 e. The second kappa shape index (κ2) is 3.53. The first kappa shape index (κ1) is 9.22. The SMILES string of the molecule is OC1CCc2cccc(N3CCCC3)c21. The molecule has 1 unspecified atom stereocenters. The molecule has 0 radical (unpaired) electrons. The Kier molecular flexibility index (Phi) is 2.17. The minimum absolute atomic E-state index is 0.225. The van der Waals surface area contributed by atoms with E-state index in [-0.39, 0.29) is 6.10 Å². The number of nitrogens with zero attached hydrogens (tertiary/aromatic N) is 1. The number of aryl methyl sites for hydroxylation is 1. The topological polar surface area (TPSA) is 23.5 Å². The Morgan fingerprint density at radius 2 is 2.00 bits per heavy atom. The van der Waals surface area contributed by atoms with Crippen LogP contribution in [0.3, 0.4) is 0 Å². The quantitative estimate of drug-likeness (QED) is 0.756. The van der Waals surface area contributed by atoms with Crippen molar-refractivity contribution in [3.63, 3.8) is 0 Å². The van der Waals surface area contributed by atoms with E-state index in [2.05, 4.69) is 23.1 Å². The summed E-state index contributed by atoms with van der Waals surface area (Å²) < 4.78 is 0. The Morgan fingerprint density at radius 3 is 2.80 bits per heavy atom.